The number of guanidine groups is 1. The molecule has 4 N–H and O–H groups in total. The van der Waals surface area contributed by atoms with Gasteiger partial charge in [-0.2, -0.15) is 0 Å². The number of halogens is 1. The Morgan fingerprint density at radius 2 is 2.05 bits per heavy atom. The molecule has 0 aliphatic carbocycles. The average Bonchev–Trinajstić information content (AvgIpc) is 2.85. The number of hydrogen-bond donors (Lipinski definition) is 3. The number of aryl methyl sites for hydroxylation is 2. The van der Waals surface area contributed by atoms with Crippen LogP contribution in [0.2, 0.25) is 0 Å². The zero-order valence-corrected chi connectivity index (χ0v) is 15.6. The minimum atomic E-state index is -0.0659. The second-order valence-electron chi connectivity index (χ2n) is 5.98. The van der Waals surface area contributed by atoms with Crippen LogP contribution >= 0.6 is 24.0 Å². The van der Waals surface area contributed by atoms with Gasteiger partial charge in [-0.25, -0.2) is 0 Å². The van der Waals surface area contributed by atoms with Gasteiger partial charge >= 0.3 is 0 Å². The van der Waals surface area contributed by atoms with Gasteiger partial charge in [-0.1, -0.05) is 6.07 Å². The molecule has 6 heteroatoms. The average molecular weight is 419 g/mol. The van der Waals surface area contributed by atoms with Gasteiger partial charge in [-0.05, 0) is 49.9 Å². The van der Waals surface area contributed by atoms with E-state index in [-0.39, 0.29) is 36.0 Å². The van der Waals surface area contributed by atoms with Gasteiger partial charge in [0.15, 0.2) is 5.96 Å². The number of rotatable bonds is 5. The molecule has 2 rings (SSSR count). The van der Waals surface area contributed by atoms with Crippen molar-refractivity contribution >= 4 is 35.6 Å². The van der Waals surface area contributed by atoms with Gasteiger partial charge in [0.2, 0.25) is 0 Å². The molecule has 0 amide bonds. The van der Waals surface area contributed by atoms with E-state index in [4.69, 9.17) is 10.5 Å². The van der Waals surface area contributed by atoms with Crippen molar-refractivity contribution in [3.8, 4) is 0 Å². The number of anilines is 1. The lowest BCUT2D eigenvalue weighted by Gasteiger charge is -2.24. The first-order chi connectivity index (χ1) is 10.0. The number of ether oxygens (including phenoxy) is 1. The molecule has 1 fully saturated rings. The largest absolute Gasteiger partial charge is 0.396 e. The molecule has 1 aliphatic heterocycles. The summed E-state index contributed by atoms with van der Waals surface area (Å²) >= 11 is 0. The van der Waals surface area contributed by atoms with E-state index < -0.39 is 0 Å². The molecule has 1 aromatic carbocycles. The fourth-order valence-corrected chi connectivity index (χ4v) is 2.77. The van der Waals surface area contributed by atoms with Crippen LogP contribution in [0.4, 0.5) is 5.69 Å². The first-order valence-electron chi connectivity index (χ1n) is 7.37. The fraction of sp³-hybridized carbons (Fsp3) is 0.562. The van der Waals surface area contributed by atoms with E-state index in [0.717, 1.165) is 18.7 Å². The maximum Gasteiger partial charge on any atom is 0.193 e. The molecule has 1 heterocycles. The maximum absolute atomic E-state index is 9.20. The SMILES string of the molecule is Cc1cc(C)cc(NC(N)=NCC2(CCO)CCOC2)c1.I. The van der Waals surface area contributed by atoms with Crippen LogP contribution in [0.15, 0.2) is 23.2 Å². The maximum atomic E-state index is 9.20. The summed E-state index contributed by atoms with van der Waals surface area (Å²) in [6.07, 6.45) is 1.63. The van der Waals surface area contributed by atoms with Crippen molar-refractivity contribution in [3.05, 3.63) is 29.3 Å². The summed E-state index contributed by atoms with van der Waals surface area (Å²) < 4.78 is 5.45. The van der Waals surface area contributed by atoms with Crippen molar-refractivity contribution in [2.75, 3.05) is 31.7 Å². The summed E-state index contributed by atoms with van der Waals surface area (Å²) in [6, 6.07) is 6.19. The Labute approximate surface area is 149 Å². The molecule has 0 aromatic heterocycles. The lowest BCUT2D eigenvalue weighted by Crippen LogP contribution is -2.30. The number of benzene rings is 1. The summed E-state index contributed by atoms with van der Waals surface area (Å²) in [5.41, 5.74) is 9.23. The van der Waals surface area contributed by atoms with E-state index in [0.29, 0.717) is 25.5 Å². The molecule has 1 atom stereocenters. The van der Waals surface area contributed by atoms with Crippen molar-refractivity contribution in [1.82, 2.24) is 0 Å². The van der Waals surface area contributed by atoms with E-state index in [2.05, 4.69) is 30.2 Å². The molecular formula is C16H26IN3O2. The van der Waals surface area contributed by atoms with E-state index in [1.165, 1.54) is 11.1 Å². The van der Waals surface area contributed by atoms with Gasteiger partial charge in [-0.15, -0.1) is 24.0 Å². The van der Waals surface area contributed by atoms with Crippen LogP contribution in [0.5, 0.6) is 0 Å². The molecule has 0 radical (unpaired) electrons. The van der Waals surface area contributed by atoms with E-state index in [1.54, 1.807) is 0 Å². The van der Waals surface area contributed by atoms with Crippen LogP contribution in [-0.4, -0.2) is 37.4 Å². The lowest BCUT2D eigenvalue weighted by molar-refractivity contribution is 0.131. The Kier molecular flexibility index (Phi) is 7.58. The zero-order chi connectivity index (χ0) is 15.3. The Morgan fingerprint density at radius 1 is 1.36 bits per heavy atom. The molecule has 0 bridgehead atoms. The summed E-state index contributed by atoms with van der Waals surface area (Å²) in [5.74, 6) is 0.407. The van der Waals surface area contributed by atoms with E-state index in [1.807, 2.05) is 12.1 Å². The highest BCUT2D eigenvalue weighted by atomic mass is 127. The third-order valence-corrected chi connectivity index (χ3v) is 3.91. The normalized spacial score (nSPS) is 21.5. The Morgan fingerprint density at radius 3 is 2.59 bits per heavy atom. The number of nitrogens with zero attached hydrogens (tertiary/aromatic N) is 1. The highest BCUT2D eigenvalue weighted by Crippen LogP contribution is 2.32. The minimum Gasteiger partial charge on any atom is -0.396 e. The minimum absolute atomic E-state index is 0. The number of hydrogen-bond acceptors (Lipinski definition) is 3. The third-order valence-electron chi connectivity index (χ3n) is 3.91. The van der Waals surface area contributed by atoms with E-state index in [9.17, 15) is 5.11 Å². The first-order valence-corrected chi connectivity index (χ1v) is 7.37. The van der Waals surface area contributed by atoms with Crippen molar-refractivity contribution in [3.63, 3.8) is 0 Å². The van der Waals surface area contributed by atoms with Crippen molar-refractivity contribution < 1.29 is 9.84 Å². The second-order valence-corrected chi connectivity index (χ2v) is 5.98. The summed E-state index contributed by atoms with van der Waals surface area (Å²) in [5, 5.41) is 12.3. The Balaban J connectivity index is 0.00000242. The van der Waals surface area contributed by atoms with Gasteiger partial charge < -0.3 is 20.9 Å². The lowest BCUT2D eigenvalue weighted by atomic mass is 9.84. The van der Waals surface area contributed by atoms with Crippen LogP contribution in [0.3, 0.4) is 0 Å². The van der Waals surface area contributed by atoms with Gasteiger partial charge in [0, 0.05) is 24.3 Å². The Hall–Kier alpha value is -0.860. The molecule has 1 unspecified atom stereocenters. The van der Waals surface area contributed by atoms with Crippen molar-refractivity contribution in [1.29, 1.82) is 0 Å². The van der Waals surface area contributed by atoms with Gasteiger partial charge in [0.1, 0.15) is 0 Å². The molecule has 0 spiro atoms. The third kappa shape index (κ3) is 5.40. The van der Waals surface area contributed by atoms with Gasteiger partial charge in [-0.3, -0.25) is 4.99 Å². The number of nitrogens with one attached hydrogen (secondary N) is 1. The predicted molar refractivity (Wildman–Crippen MR) is 101 cm³/mol. The topological polar surface area (TPSA) is 79.9 Å². The second kappa shape index (κ2) is 8.69. The highest BCUT2D eigenvalue weighted by molar-refractivity contribution is 14.0. The quantitative estimate of drug-likeness (QED) is 0.389. The number of aliphatic hydroxyl groups is 1. The van der Waals surface area contributed by atoms with E-state index >= 15 is 0 Å². The van der Waals surface area contributed by atoms with Crippen LogP contribution < -0.4 is 11.1 Å². The molecule has 22 heavy (non-hydrogen) atoms. The van der Waals surface area contributed by atoms with Gasteiger partial charge in [0.25, 0.3) is 0 Å². The standard InChI is InChI=1S/C16H25N3O2.HI/c1-12-7-13(2)9-14(8-12)19-15(17)18-10-16(3-5-20)4-6-21-11-16;/h7-9,20H,3-6,10-11H2,1-2H3,(H3,17,18,19);1H. The number of nitrogens with two attached hydrogens (primary N) is 1. The van der Waals surface area contributed by atoms with Crippen LogP contribution in [0.1, 0.15) is 24.0 Å². The molecule has 1 aromatic rings. The smallest absolute Gasteiger partial charge is 0.193 e. The Bertz CT molecular complexity index is 494. The molecule has 0 saturated carbocycles. The molecule has 1 aliphatic rings. The first kappa shape index (κ1) is 19.2. The summed E-state index contributed by atoms with van der Waals surface area (Å²) in [4.78, 5) is 4.44. The fourth-order valence-electron chi connectivity index (χ4n) is 2.77. The highest BCUT2D eigenvalue weighted by Gasteiger charge is 2.34. The molecule has 1 saturated heterocycles. The molecule has 124 valence electrons. The molecular weight excluding hydrogens is 393 g/mol. The molecule has 5 nitrogen and oxygen atoms in total. The summed E-state index contributed by atoms with van der Waals surface area (Å²) in [6.45, 7) is 6.23. The summed E-state index contributed by atoms with van der Waals surface area (Å²) in [7, 11) is 0. The zero-order valence-electron chi connectivity index (χ0n) is 13.3. The van der Waals surface area contributed by atoms with Crippen LogP contribution in [0, 0.1) is 19.3 Å². The van der Waals surface area contributed by atoms with Crippen molar-refractivity contribution in [2.24, 2.45) is 16.1 Å². The number of aliphatic imine (C=N–C) groups is 1. The van der Waals surface area contributed by atoms with Gasteiger partial charge in [0.05, 0.1) is 13.2 Å². The monoisotopic (exact) mass is 419 g/mol. The number of aliphatic hydroxyl groups excluding tert-OH is 1. The van der Waals surface area contributed by atoms with Crippen LogP contribution in [0.25, 0.3) is 0 Å². The van der Waals surface area contributed by atoms with Crippen LogP contribution in [-0.2, 0) is 4.74 Å². The predicted octanol–water partition coefficient (Wildman–Crippen LogP) is 2.44. The van der Waals surface area contributed by atoms with Crippen molar-refractivity contribution in [2.45, 2.75) is 26.7 Å².